The number of rotatable bonds is 7. The maximum Gasteiger partial charge on any atom is 0.433 e. The molecule has 1 atom stereocenters. The largest absolute Gasteiger partial charge is 0.504 e. The fourth-order valence-corrected chi connectivity index (χ4v) is 4.70. The number of thiazole rings is 1. The summed E-state index contributed by atoms with van der Waals surface area (Å²) in [5.41, 5.74) is 0.627. The topological polar surface area (TPSA) is 146 Å². The van der Waals surface area contributed by atoms with Crippen molar-refractivity contribution < 1.29 is 28.7 Å². The molecule has 11 nitrogen and oxygen atoms in total. The number of hydrogen-bond acceptors (Lipinski definition) is 10. The highest BCUT2D eigenvalue weighted by atomic mass is 32.1. The van der Waals surface area contributed by atoms with Crippen LogP contribution in [-0.2, 0) is 9.53 Å². The van der Waals surface area contributed by atoms with Crippen LogP contribution < -0.4 is 19.6 Å². The van der Waals surface area contributed by atoms with Crippen LogP contribution in [-0.4, -0.2) is 33.8 Å². The molecule has 12 heteroatoms. The van der Waals surface area contributed by atoms with E-state index >= 15 is 0 Å². The second-order valence-electron chi connectivity index (χ2n) is 7.38. The van der Waals surface area contributed by atoms with Crippen molar-refractivity contribution in [3.63, 3.8) is 0 Å². The monoisotopic (exact) mass is 499 g/mol. The Labute approximate surface area is 202 Å². The molecule has 0 saturated carbocycles. The van der Waals surface area contributed by atoms with Crippen molar-refractivity contribution >= 4 is 35.0 Å². The number of phenols is 1. The zero-order valence-corrected chi connectivity index (χ0v) is 19.8. The molecule has 1 aliphatic rings. The van der Waals surface area contributed by atoms with Gasteiger partial charge in [-0.2, -0.15) is 0 Å². The van der Waals surface area contributed by atoms with Gasteiger partial charge in [-0.25, -0.2) is 9.79 Å². The van der Waals surface area contributed by atoms with Gasteiger partial charge in [0.25, 0.3) is 5.56 Å². The Morgan fingerprint density at radius 2 is 2.09 bits per heavy atom. The molecule has 4 rings (SSSR count). The number of benzene rings is 1. The van der Waals surface area contributed by atoms with Crippen LogP contribution in [0.1, 0.15) is 38.1 Å². The molecule has 182 valence electrons. The molecule has 0 unspecified atom stereocenters. The number of allylic oxidation sites excluding steroid dienone is 1. The second-order valence-corrected chi connectivity index (χ2v) is 8.39. The quantitative estimate of drug-likeness (QED) is 0.296. The van der Waals surface area contributed by atoms with Gasteiger partial charge in [0.15, 0.2) is 16.3 Å². The van der Waals surface area contributed by atoms with Gasteiger partial charge in [-0.15, -0.1) is 0 Å². The Morgan fingerprint density at radius 1 is 1.31 bits per heavy atom. The first-order chi connectivity index (χ1) is 16.7. The van der Waals surface area contributed by atoms with Crippen LogP contribution in [0.5, 0.6) is 11.5 Å². The number of nitrogens with zero attached hydrogens (tertiary/aromatic N) is 3. The van der Waals surface area contributed by atoms with Crippen molar-refractivity contribution in [1.82, 2.24) is 4.57 Å². The van der Waals surface area contributed by atoms with Gasteiger partial charge in [-0.1, -0.05) is 17.4 Å². The fraction of sp³-hybridized carbons (Fsp3) is 0.261. The lowest BCUT2D eigenvalue weighted by Gasteiger charge is -2.22. The number of carbonyl (C=O) groups is 1. The smallest absolute Gasteiger partial charge is 0.433 e. The third-order valence-corrected chi connectivity index (χ3v) is 6.19. The minimum atomic E-state index is -0.815. The number of furan rings is 1. The maximum absolute atomic E-state index is 13.2. The average molecular weight is 500 g/mol. The lowest BCUT2D eigenvalue weighted by atomic mass is 9.96. The highest BCUT2D eigenvalue weighted by molar-refractivity contribution is 7.07. The molecular formula is C23H21N3O8S. The summed E-state index contributed by atoms with van der Waals surface area (Å²) in [7, 11) is 0. The summed E-state index contributed by atoms with van der Waals surface area (Å²) in [5, 5.41) is 21.0. The number of nitro groups is 1. The van der Waals surface area contributed by atoms with Crippen molar-refractivity contribution in [1.29, 1.82) is 0 Å². The number of carbonyl (C=O) groups excluding carboxylic acids is 1. The predicted molar refractivity (Wildman–Crippen MR) is 126 cm³/mol. The van der Waals surface area contributed by atoms with Crippen molar-refractivity contribution in [2.75, 3.05) is 13.2 Å². The van der Waals surface area contributed by atoms with Gasteiger partial charge < -0.3 is 19.0 Å². The van der Waals surface area contributed by atoms with Crippen LogP contribution in [0, 0.1) is 10.1 Å². The lowest BCUT2D eigenvalue weighted by Crippen LogP contribution is -2.35. The molecule has 0 aliphatic carbocycles. The van der Waals surface area contributed by atoms with Crippen molar-refractivity contribution in [3.8, 4) is 11.5 Å². The third kappa shape index (κ3) is 4.47. The fourth-order valence-electron chi connectivity index (χ4n) is 3.68. The number of phenolic OH excluding ortho intramolecular Hbond substituents is 1. The van der Waals surface area contributed by atoms with Crippen LogP contribution in [0.3, 0.4) is 0 Å². The molecule has 0 spiro atoms. The number of fused-ring (bicyclic) bond motifs is 1. The van der Waals surface area contributed by atoms with Crippen molar-refractivity contribution in [3.05, 3.63) is 77.0 Å². The number of hydrogen-bond donors (Lipinski definition) is 1. The summed E-state index contributed by atoms with van der Waals surface area (Å²) in [5.74, 6) is -0.746. The number of esters is 1. The van der Waals surface area contributed by atoms with E-state index < -0.39 is 28.4 Å². The number of ether oxygens (including phenoxy) is 2. The molecular weight excluding hydrogens is 478 g/mol. The third-order valence-electron chi connectivity index (χ3n) is 5.21. The second kappa shape index (κ2) is 9.58. The molecule has 0 radical (unpaired) electrons. The average Bonchev–Trinajstić information content (AvgIpc) is 3.40. The summed E-state index contributed by atoms with van der Waals surface area (Å²) in [4.78, 5) is 41.3. The minimum absolute atomic E-state index is 0.0535. The minimum Gasteiger partial charge on any atom is -0.504 e. The Hall–Kier alpha value is -4.19. The Balaban J connectivity index is 1.92. The van der Waals surface area contributed by atoms with E-state index in [1.165, 1.54) is 28.8 Å². The summed E-state index contributed by atoms with van der Waals surface area (Å²) in [6.45, 7) is 5.53. The SMILES string of the molecule is CCOC(=O)C1=C(C)n2c(s/c(=C/c3ccc([N+](=O)[O-])o3)c2=O)=N[C@H]1c1ccc(O)c(OCC)c1. The predicted octanol–water partition coefficient (Wildman–Crippen LogP) is 2.51. The first-order valence-electron chi connectivity index (χ1n) is 10.6. The lowest BCUT2D eigenvalue weighted by molar-refractivity contribution is -0.402. The van der Waals surface area contributed by atoms with Gasteiger partial charge in [0.1, 0.15) is 21.3 Å². The zero-order chi connectivity index (χ0) is 25.3. The van der Waals surface area contributed by atoms with E-state index in [4.69, 9.17) is 13.9 Å². The maximum atomic E-state index is 13.2. The van der Waals surface area contributed by atoms with E-state index in [9.17, 15) is 24.8 Å². The van der Waals surface area contributed by atoms with Crippen LogP contribution in [0.15, 0.2) is 50.1 Å². The summed E-state index contributed by atoms with van der Waals surface area (Å²) >= 11 is 1.05. The highest BCUT2D eigenvalue weighted by Crippen LogP contribution is 2.36. The van der Waals surface area contributed by atoms with E-state index in [0.717, 1.165) is 11.3 Å². The van der Waals surface area contributed by atoms with Crippen molar-refractivity contribution in [2.45, 2.75) is 26.8 Å². The zero-order valence-electron chi connectivity index (χ0n) is 19.0. The van der Waals surface area contributed by atoms with E-state index in [0.29, 0.717) is 22.7 Å². The van der Waals surface area contributed by atoms with Gasteiger partial charge in [-0.05, 0) is 44.5 Å². The van der Waals surface area contributed by atoms with Gasteiger partial charge in [0, 0.05) is 11.8 Å². The van der Waals surface area contributed by atoms with Gasteiger partial charge in [0.2, 0.25) is 0 Å². The van der Waals surface area contributed by atoms with E-state index in [2.05, 4.69) is 4.99 Å². The molecule has 3 aromatic rings. The van der Waals surface area contributed by atoms with Crippen LogP contribution in [0.25, 0.3) is 11.8 Å². The molecule has 2 aromatic heterocycles. The van der Waals surface area contributed by atoms with Crippen LogP contribution >= 0.6 is 11.3 Å². The van der Waals surface area contributed by atoms with E-state index in [1.807, 2.05) is 0 Å². The molecule has 1 N–H and O–H groups in total. The van der Waals surface area contributed by atoms with Gasteiger partial charge >= 0.3 is 11.9 Å². The van der Waals surface area contributed by atoms with Gasteiger partial charge in [-0.3, -0.25) is 19.5 Å². The van der Waals surface area contributed by atoms with Crippen LogP contribution in [0.2, 0.25) is 0 Å². The molecule has 0 fully saturated rings. The van der Waals surface area contributed by atoms with Crippen LogP contribution in [0.4, 0.5) is 5.88 Å². The molecule has 0 saturated heterocycles. The number of aromatic hydroxyl groups is 1. The summed E-state index contributed by atoms with van der Waals surface area (Å²) in [6.07, 6.45) is 1.39. The standard InChI is InChI=1S/C23H21N3O8S/c1-4-32-16-10-13(6-8-15(16)27)20-19(22(29)33-5-2)12(3)25-21(28)17(35-23(25)24-20)11-14-7-9-18(34-14)26(30)31/h6-11,20,27H,4-5H2,1-3H3/b17-11+/t20-/m0/s1. The summed E-state index contributed by atoms with van der Waals surface area (Å²) in [6, 6.07) is 6.43. The first-order valence-corrected chi connectivity index (χ1v) is 11.5. The molecule has 1 aromatic carbocycles. The molecule has 35 heavy (non-hydrogen) atoms. The summed E-state index contributed by atoms with van der Waals surface area (Å²) < 4.78 is 17.4. The van der Waals surface area contributed by atoms with E-state index in [1.54, 1.807) is 32.9 Å². The van der Waals surface area contributed by atoms with E-state index in [-0.39, 0.29) is 34.0 Å². The normalized spacial score (nSPS) is 15.5. The molecule has 1 aliphatic heterocycles. The van der Waals surface area contributed by atoms with Crippen molar-refractivity contribution in [2.24, 2.45) is 4.99 Å². The van der Waals surface area contributed by atoms with Gasteiger partial charge in [0.05, 0.1) is 24.9 Å². The Morgan fingerprint density at radius 3 is 2.74 bits per heavy atom. The Kier molecular flexibility index (Phi) is 6.56. The highest BCUT2D eigenvalue weighted by Gasteiger charge is 2.32. The molecule has 0 bridgehead atoms. The Bertz CT molecular complexity index is 1530. The molecule has 0 amide bonds. The first kappa shape index (κ1) is 24.0. The number of aromatic nitrogens is 1. The molecule has 3 heterocycles.